The van der Waals surface area contributed by atoms with Gasteiger partial charge in [-0.3, -0.25) is 4.79 Å². The van der Waals surface area contributed by atoms with Gasteiger partial charge in [0.05, 0.1) is 35.6 Å². The van der Waals surface area contributed by atoms with E-state index in [-0.39, 0.29) is 5.91 Å². The van der Waals surface area contributed by atoms with Crippen molar-refractivity contribution in [3.05, 3.63) is 84.4 Å². The van der Waals surface area contributed by atoms with Gasteiger partial charge in [0.25, 0.3) is 5.91 Å². The second-order valence-corrected chi connectivity index (χ2v) is 8.76. The van der Waals surface area contributed by atoms with E-state index in [1.54, 1.807) is 0 Å². The zero-order chi connectivity index (χ0) is 23.0. The fourth-order valence-corrected chi connectivity index (χ4v) is 4.80. The molecule has 2 saturated heterocycles. The molecular formula is C28H25N3O3. The predicted molar refractivity (Wildman–Crippen MR) is 130 cm³/mol. The van der Waals surface area contributed by atoms with Gasteiger partial charge in [-0.2, -0.15) is 0 Å². The van der Waals surface area contributed by atoms with E-state index < -0.39 is 5.79 Å². The SMILES string of the molecule is O=C(c1ccc2nc(-c3ccccc3)c(-c3ccccc3)nc2c1)N1CCC2(CC1)OCCO2. The second-order valence-electron chi connectivity index (χ2n) is 8.76. The van der Waals surface area contributed by atoms with Crippen molar-refractivity contribution < 1.29 is 14.3 Å². The van der Waals surface area contributed by atoms with Crippen LogP contribution in [0.4, 0.5) is 0 Å². The minimum Gasteiger partial charge on any atom is -0.347 e. The van der Waals surface area contributed by atoms with Crippen molar-refractivity contribution in [3.8, 4) is 22.5 Å². The van der Waals surface area contributed by atoms with Crippen molar-refractivity contribution in [2.24, 2.45) is 0 Å². The molecule has 3 aromatic carbocycles. The van der Waals surface area contributed by atoms with Gasteiger partial charge >= 0.3 is 0 Å². The van der Waals surface area contributed by atoms with Crippen molar-refractivity contribution in [2.75, 3.05) is 26.3 Å². The predicted octanol–water partition coefficient (Wildman–Crippen LogP) is 4.94. The number of amides is 1. The topological polar surface area (TPSA) is 64.6 Å². The van der Waals surface area contributed by atoms with Crippen LogP contribution in [0, 0.1) is 0 Å². The van der Waals surface area contributed by atoms with Crippen LogP contribution in [0.15, 0.2) is 78.9 Å². The number of aromatic nitrogens is 2. The van der Waals surface area contributed by atoms with E-state index in [4.69, 9.17) is 19.4 Å². The molecule has 0 atom stereocenters. The Balaban J connectivity index is 1.36. The van der Waals surface area contributed by atoms with Gasteiger partial charge in [-0.1, -0.05) is 60.7 Å². The highest BCUT2D eigenvalue weighted by molar-refractivity contribution is 5.98. The largest absolute Gasteiger partial charge is 0.347 e. The molecule has 0 saturated carbocycles. The Hall–Kier alpha value is -3.61. The summed E-state index contributed by atoms with van der Waals surface area (Å²) in [5, 5.41) is 0. The first kappa shape index (κ1) is 21.0. The molecule has 34 heavy (non-hydrogen) atoms. The van der Waals surface area contributed by atoms with Crippen molar-refractivity contribution >= 4 is 16.9 Å². The number of nitrogens with zero attached hydrogens (tertiary/aromatic N) is 3. The monoisotopic (exact) mass is 451 g/mol. The maximum atomic E-state index is 13.3. The summed E-state index contributed by atoms with van der Waals surface area (Å²) in [5.41, 5.74) is 5.73. The molecule has 2 fully saturated rings. The van der Waals surface area contributed by atoms with E-state index in [0.29, 0.717) is 50.2 Å². The molecule has 3 heterocycles. The number of likely N-dealkylation sites (tertiary alicyclic amines) is 1. The van der Waals surface area contributed by atoms with E-state index in [9.17, 15) is 4.79 Å². The Bertz CT molecular complexity index is 1330. The highest BCUT2D eigenvalue weighted by Crippen LogP contribution is 2.33. The number of hydrogen-bond acceptors (Lipinski definition) is 5. The minimum absolute atomic E-state index is 0.00458. The number of ether oxygens (including phenoxy) is 2. The minimum atomic E-state index is -0.496. The molecule has 0 radical (unpaired) electrons. The standard InChI is InChI=1S/C28H25N3O3/c32-27(31-15-13-28(14-16-31)33-17-18-34-28)22-11-12-23-24(19-22)30-26(21-9-5-2-6-10-21)25(29-23)20-7-3-1-4-8-20/h1-12,19H,13-18H2. The summed E-state index contributed by atoms with van der Waals surface area (Å²) in [6.07, 6.45) is 1.40. The normalized spacial score (nSPS) is 17.4. The molecule has 0 bridgehead atoms. The summed E-state index contributed by atoms with van der Waals surface area (Å²) in [6.45, 7) is 2.49. The Labute approximate surface area is 198 Å². The first-order valence-electron chi connectivity index (χ1n) is 11.7. The van der Waals surface area contributed by atoms with E-state index in [1.807, 2.05) is 83.8 Å². The van der Waals surface area contributed by atoms with Gasteiger partial charge in [0.2, 0.25) is 0 Å². The molecule has 0 N–H and O–H groups in total. The average molecular weight is 452 g/mol. The molecule has 2 aliphatic rings. The molecule has 1 aromatic heterocycles. The molecule has 0 unspecified atom stereocenters. The molecule has 6 rings (SSSR count). The fraction of sp³-hybridized carbons (Fsp3) is 0.250. The Morgan fingerprint density at radius 2 is 1.29 bits per heavy atom. The first-order chi connectivity index (χ1) is 16.7. The number of hydrogen-bond donors (Lipinski definition) is 0. The van der Waals surface area contributed by atoms with E-state index >= 15 is 0 Å². The molecule has 6 heteroatoms. The third kappa shape index (κ3) is 3.85. The number of piperidine rings is 1. The van der Waals surface area contributed by atoms with Crippen LogP contribution in [0.5, 0.6) is 0 Å². The lowest BCUT2D eigenvalue weighted by atomic mass is 10.0. The number of benzene rings is 3. The fourth-order valence-electron chi connectivity index (χ4n) is 4.80. The van der Waals surface area contributed by atoms with Crippen LogP contribution in [0.3, 0.4) is 0 Å². The molecule has 1 spiro atoms. The first-order valence-corrected chi connectivity index (χ1v) is 11.7. The van der Waals surface area contributed by atoms with Crippen LogP contribution in [-0.4, -0.2) is 52.9 Å². The molecule has 170 valence electrons. The van der Waals surface area contributed by atoms with Gasteiger partial charge in [-0.15, -0.1) is 0 Å². The van der Waals surface area contributed by atoms with Gasteiger partial charge in [0.1, 0.15) is 0 Å². The van der Waals surface area contributed by atoms with Gasteiger partial charge in [0.15, 0.2) is 5.79 Å². The maximum absolute atomic E-state index is 13.3. The molecule has 6 nitrogen and oxygen atoms in total. The van der Waals surface area contributed by atoms with Gasteiger partial charge in [0, 0.05) is 42.6 Å². The highest BCUT2D eigenvalue weighted by Gasteiger charge is 2.40. The van der Waals surface area contributed by atoms with Gasteiger partial charge < -0.3 is 14.4 Å². The summed E-state index contributed by atoms with van der Waals surface area (Å²) < 4.78 is 11.6. The smallest absolute Gasteiger partial charge is 0.253 e. The van der Waals surface area contributed by atoms with Crippen molar-refractivity contribution in [3.63, 3.8) is 0 Å². The van der Waals surface area contributed by atoms with Crippen LogP contribution >= 0.6 is 0 Å². The number of carbonyl (C=O) groups excluding carboxylic acids is 1. The molecule has 0 aliphatic carbocycles. The molecule has 4 aromatic rings. The van der Waals surface area contributed by atoms with Crippen LogP contribution in [-0.2, 0) is 9.47 Å². The van der Waals surface area contributed by atoms with Crippen molar-refractivity contribution in [1.29, 1.82) is 0 Å². The van der Waals surface area contributed by atoms with E-state index in [1.165, 1.54) is 0 Å². The van der Waals surface area contributed by atoms with Crippen LogP contribution in [0.1, 0.15) is 23.2 Å². The Morgan fingerprint density at radius 3 is 1.88 bits per heavy atom. The third-order valence-electron chi connectivity index (χ3n) is 6.63. The number of fused-ring (bicyclic) bond motifs is 1. The molecular weight excluding hydrogens is 426 g/mol. The molecule has 2 aliphatic heterocycles. The summed E-state index contributed by atoms with van der Waals surface area (Å²) in [6, 6.07) is 25.7. The average Bonchev–Trinajstić information content (AvgIpc) is 3.36. The zero-order valence-corrected chi connectivity index (χ0v) is 18.8. The lowest BCUT2D eigenvalue weighted by molar-refractivity contribution is -0.181. The van der Waals surface area contributed by atoms with E-state index in [0.717, 1.165) is 28.0 Å². The number of carbonyl (C=O) groups is 1. The quantitative estimate of drug-likeness (QED) is 0.441. The Morgan fingerprint density at radius 1 is 0.735 bits per heavy atom. The zero-order valence-electron chi connectivity index (χ0n) is 18.8. The summed E-state index contributed by atoms with van der Waals surface area (Å²) in [5.74, 6) is -0.491. The van der Waals surface area contributed by atoms with Crippen molar-refractivity contribution in [1.82, 2.24) is 14.9 Å². The molecule has 1 amide bonds. The van der Waals surface area contributed by atoms with Crippen LogP contribution in [0.2, 0.25) is 0 Å². The highest BCUT2D eigenvalue weighted by atomic mass is 16.7. The second kappa shape index (κ2) is 8.63. The summed E-state index contributed by atoms with van der Waals surface area (Å²) in [7, 11) is 0. The van der Waals surface area contributed by atoms with E-state index in [2.05, 4.69) is 0 Å². The van der Waals surface area contributed by atoms with Crippen LogP contribution < -0.4 is 0 Å². The van der Waals surface area contributed by atoms with Gasteiger partial charge in [-0.05, 0) is 18.2 Å². The number of rotatable bonds is 3. The Kier molecular flexibility index (Phi) is 5.32. The van der Waals surface area contributed by atoms with Crippen LogP contribution in [0.25, 0.3) is 33.5 Å². The lowest BCUT2D eigenvalue weighted by Gasteiger charge is -2.37. The maximum Gasteiger partial charge on any atom is 0.253 e. The lowest BCUT2D eigenvalue weighted by Crippen LogP contribution is -2.47. The van der Waals surface area contributed by atoms with Crippen molar-refractivity contribution in [2.45, 2.75) is 18.6 Å². The van der Waals surface area contributed by atoms with Gasteiger partial charge in [-0.25, -0.2) is 9.97 Å². The summed E-state index contributed by atoms with van der Waals surface area (Å²) in [4.78, 5) is 25.1. The summed E-state index contributed by atoms with van der Waals surface area (Å²) >= 11 is 0. The third-order valence-corrected chi connectivity index (χ3v) is 6.63.